The van der Waals surface area contributed by atoms with E-state index in [1.54, 1.807) is 6.07 Å². The number of Topliss-reactive ketones (excluding diaryl/α,β-unsaturated/α-hetero) is 1. The van der Waals surface area contributed by atoms with Crippen LogP contribution < -0.4 is 0 Å². The van der Waals surface area contributed by atoms with Crippen LogP contribution in [0.25, 0.3) is 0 Å². The third kappa shape index (κ3) is 4.97. The van der Waals surface area contributed by atoms with Crippen LogP contribution in [-0.2, 0) is 21.4 Å². The fourth-order valence-corrected chi connectivity index (χ4v) is 5.56. The Morgan fingerprint density at radius 1 is 1.16 bits per heavy atom. The van der Waals surface area contributed by atoms with Crippen LogP contribution in [0.2, 0.25) is 5.02 Å². The minimum atomic E-state index is -3.95. The summed E-state index contributed by atoms with van der Waals surface area (Å²) < 4.78 is 41.9. The number of carbonyl (C=O) groups is 2. The highest BCUT2D eigenvalue weighted by Crippen LogP contribution is 2.28. The summed E-state index contributed by atoms with van der Waals surface area (Å²) >= 11 is 6.07. The number of hydrogen-bond donors (Lipinski definition) is 0. The number of likely N-dealkylation sites (N-methyl/N-ethyl adjacent to an activating group) is 1. The molecule has 1 saturated heterocycles. The highest BCUT2D eigenvalue weighted by Gasteiger charge is 2.39. The third-order valence-corrected chi connectivity index (χ3v) is 7.72. The van der Waals surface area contributed by atoms with E-state index in [9.17, 15) is 22.4 Å². The van der Waals surface area contributed by atoms with E-state index in [-0.39, 0.29) is 34.4 Å². The lowest BCUT2D eigenvalue weighted by Gasteiger charge is -2.36. The van der Waals surface area contributed by atoms with Crippen LogP contribution in [0.1, 0.15) is 42.1 Å². The maximum absolute atomic E-state index is 14.1. The fourth-order valence-electron chi connectivity index (χ4n) is 3.69. The fraction of sp³-hybridized carbons (Fsp3) is 0.364. The number of rotatable bonds is 6. The summed E-state index contributed by atoms with van der Waals surface area (Å²) in [4.78, 5) is 26.0. The van der Waals surface area contributed by atoms with Gasteiger partial charge in [-0.25, -0.2) is 12.8 Å². The lowest BCUT2D eigenvalue weighted by atomic mass is 10.0. The number of sulfonamides is 1. The molecule has 0 saturated carbocycles. The monoisotopic (exact) mass is 466 g/mol. The number of nitrogens with zero attached hydrogens (tertiary/aromatic N) is 2. The van der Waals surface area contributed by atoms with Gasteiger partial charge >= 0.3 is 0 Å². The largest absolute Gasteiger partial charge is 0.340 e. The number of piperidine rings is 1. The Morgan fingerprint density at radius 3 is 2.45 bits per heavy atom. The highest BCUT2D eigenvalue weighted by atomic mass is 35.5. The molecule has 1 aliphatic rings. The van der Waals surface area contributed by atoms with Crippen LogP contribution in [0.15, 0.2) is 47.4 Å². The first kappa shape index (κ1) is 23.4. The van der Waals surface area contributed by atoms with Gasteiger partial charge in [-0.15, -0.1) is 0 Å². The summed E-state index contributed by atoms with van der Waals surface area (Å²) in [6.07, 6.45) is 1.72. The second-order valence-corrected chi connectivity index (χ2v) is 9.90. The molecule has 1 amide bonds. The molecule has 1 heterocycles. The van der Waals surface area contributed by atoms with Gasteiger partial charge in [0.1, 0.15) is 11.9 Å². The molecule has 1 fully saturated rings. The number of halogens is 2. The zero-order valence-electron chi connectivity index (χ0n) is 17.3. The van der Waals surface area contributed by atoms with Crippen molar-refractivity contribution >= 4 is 33.3 Å². The Labute approximate surface area is 186 Å². The molecule has 2 aromatic rings. The van der Waals surface area contributed by atoms with E-state index >= 15 is 0 Å². The Kier molecular flexibility index (Phi) is 7.13. The number of ketones is 1. The summed E-state index contributed by atoms with van der Waals surface area (Å²) in [6, 6.07) is 9.08. The van der Waals surface area contributed by atoms with Gasteiger partial charge in [0.15, 0.2) is 5.78 Å². The molecular formula is C22H24ClFN2O4S. The van der Waals surface area contributed by atoms with Crippen LogP contribution in [0.4, 0.5) is 4.39 Å². The predicted molar refractivity (Wildman–Crippen MR) is 116 cm³/mol. The molecule has 0 aliphatic carbocycles. The normalized spacial score (nSPS) is 17.4. The zero-order chi connectivity index (χ0) is 22.8. The van der Waals surface area contributed by atoms with Crippen molar-refractivity contribution in [3.8, 4) is 0 Å². The average Bonchev–Trinajstić information content (AvgIpc) is 2.75. The maximum Gasteiger partial charge on any atom is 0.243 e. The van der Waals surface area contributed by atoms with E-state index < -0.39 is 27.8 Å². The van der Waals surface area contributed by atoms with E-state index in [1.165, 1.54) is 59.6 Å². The molecule has 31 heavy (non-hydrogen) atoms. The van der Waals surface area contributed by atoms with E-state index in [0.29, 0.717) is 24.8 Å². The lowest BCUT2D eigenvalue weighted by Crippen LogP contribution is -2.52. The molecule has 9 heteroatoms. The second-order valence-electron chi connectivity index (χ2n) is 7.60. The first-order valence-electron chi connectivity index (χ1n) is 9.93. The van der Waals surface area contributed by atoms with Gasteiger partial charge in [-0.1, -0.05) is 36.2 Å². The van der Waals surface area contributed by atoms with Gasteiger partial charge in [-0.3, -0.25) is 9.59 Å². The molecule has 0 N–H and O–H groups in total. The van der Waals surface area contributed by atoms with Crippen molar-refractivity contribution in [1.82, 2.24) is 9.21 Å². The first-order valence-corrected chi connectivity index (χ1v) is 11.8. The van der Waals surface area contributed by atoms with E-state index in [2.05, 4.69) is 0 Å². The molecule has 6 nitrogen and oxygen atoms in total. The molecule has 1 aliphatic heterocycles. The molecule has 2 aromatic carbocycles. The van der Waals surface area contributed by atoms with Gasteiger partial charge in [-0.2, -0.15) is 4.31 Å². The van der Waals surface area contributed by atoms with Gasteiger partial charge in [0, 0.05) is 36.3 Å². The number of carbonyl (C=O) groups excluding carboxylic acids is 2. The van der Waals surface area contributed by atoms with Crippen LogP contribution in [-0.4, -0.2) is 48.9 Å². The molecule has 1 atom stereocenters. The molecular weight excluding hydrogens is 443 g/mol. The summed E-state index contributed by atoms with van der Waals surface area (Å²) in [5.41, 5.74) is 0.594. The first-order chi connectivity index (χ1) is 14.6. The third-order valence-electron chi connectivity index (χ3n) is 5.44. The maximum atomic E-state index is 14.1. The van der Waals surface area contributed by atoms with Crippen LogP contribution >= 0.6 is 11.6 Å². The van der Waals surface area contributed by atoms with Gasteiger partial charge in [0.05, 0.1) is 4.90 Å². The van der Waals surface area contributed by atoms with Crippen molar-refractivity contribution in [1.29, 1.82) is 0 Å². The standard InChI is InChI=1S/C22H24ClFN2O4S/c1-15(27)16-9-11-17(12-10-16)31(29,30)26-13-4-3-8-21(26)22(28)25(2)14-18-19(23)6-5-7-20(18)24/h5-7,9-12,21H,3-4,8,13-14H2,1-2H3/t21-/m0/s1. The van der Waals surface area contributed by atoms with Gasteiger partial charge < -0.3 is 4.90 Å². The Bertz CT molecular complexity index is 1070. The minimum Gasteiger partial charge on any atom is -0.340 e. The van der Waals surface area contributed by atoms with Gasteiger partial charge in [-0.05, 0) is 44.0 Å². The van der Waals surface area contributed by atoms with Gasteiger partial charge in [0.2, 0.25) is 15.9 Å². The van der Waals surface area contributed by atoms with Crippen LogP contribution in [0.5, 0.6) is 0 Å². The summed E-state index contributed by atoms with van der Waals surface area (Å²) in [6.45, 7) is 1.55. The van der Waals surface area contributed by atoms with Crippen LogP contribution in [0.3, 0.4) is 0 Å². The predicted octanol–water partition coefficient (Wildman–Crippen LogP) is 3.88. The molecule has 0 unspecified atom stereocenters. The van der Waals surface area contributed by atoms with Crippen LogP contribution in [0, 0.1) is 5.82 Å². The second kappa shape index (κ2) is 9.46. The molecule has 0 radical (unpaired) electrons. The van der Waals surface area contributed by atoms with Gasteiger partial charge in [0.25, 0.3) is 0 Å². The van der Waals surface area contributed by atoms with Crippen molar-refractivity contribution in [3.63, 3.8) is 0 Å². The molecule has 0 spiro atoms. The summed E-state index contributed by atoms with van der Waals surface area (Å²) in [5, 5.41) is 0.207. The molecule has 0 bridgehead atoms. The van der Waals surface area contributed by atoms with E-state index in [4.69, 9.17) is 11.6 Å². The molecule has 166 valence electrons. The molecule has 0 aromatic heterocycles. The van der Waals surface area contributed by atoms with Crippen molar-refractivity contribution in [2.45, 2.75) is 43.7 Å². The lowest BCUT2D eigenvalue weighted by molar-refractivity contribution is -0.135. The van der Waals surface area contributed by atoms with Crippen molar-refractivity contribution in [3.05, 3.63) is 64.4 Å². The topological polar surface area (TPSA) is 74.8 Å². The van der Waals surface area contributed by atoms with E-state index in [1.807, 2.05) is 0 Å². The quantitative estimate of drug-likeness (QED) is 0.605. The summed E-state index contributed by atoms with van der Waals surface area (Å²) in [5.74, 6) is -1.10. The number of hydrogen-bond acceptors (Lipinski definition) is 4. The minimum absolute atomic E-state index is 0.0250. The summed E-state index contributed by atoms with van der Waals surface area (Å²) in [7, 11) is -2.44. The Hall–Kier alpha value is -2.29. The number of amides is 1. The highest BCUT2D eigenvalue weighted by molar-refractivity contribution is 7.89. The molecule has 3 rings (SSSR count). The Morgan fingerprint density at radius 2 is 1.84 bits per heavy atom. The SMILES string of the molecule is CC(=O)c1ccc(S(=O)(=O)N2CCCC[C@H]2C(=O)N(C)Cc2c(F)cccc2Cl)cc1. The smallest absolute Gasteiger partial charge is 0.243 e. The Balaban J connectivity index is 1.85. The van der Waals surface area contributed by atoms with E-state index in [0.717, 1.165) is 0 Å². The zero-order valence-corrected chi connectivity index (χ0v) is 18.9. The number of benzene rings is 2. The van der Waals surface area contributed by atoms with Crippen molar-refractivity contribution in [2.75, 3.05) is 13.6 Å². The average molecular weight is 467 g/mol. The van der Waals surface area contributed by atoms with Crippen molar-refractivity contribution < 1.29 is 22.4 Å². The van der Waals surface area contributed by atoms with Crippen molar-refractivity contribution in [2.24, 2.45) is 0 Å².